The summed E-state index contributed by atoms with van der Waals surface area (Å²) in [5.41, 5.74) is 1.08. The molecule has 0 aliphatic carbocycles. The quantitative estimate of drug-likeness (QED) is 0.230. The van der Waals surface area contributed by atoms with Crippen molar-refractivity contribution >= 4 is 33.9 Å². The molecule has 0 amide bonds. The van der Waals surface area contributed by atoms with E-state index < -0.39 is 0 Å². The van der Waals surface area contributed by atoms with E-state index in [1.165, 1.54) is 4.57 Å². The lowest BCUT2D eigenvalue weighted by atomic mass is 10.1. The molecule has 3 heterocycles. The van der Waals surface area contributed by atoms with Crippen LogP contribution in [-0.4, -0.2) is 69.6 Å². The van der Waals surface area contributed by atoms with E-state index in [2.05, 4.69) is 20.8 Å². The fraction of sp³-hybridized carbons (Fsp3) is 0.440. The lowest BCUT2D eigenvalue weighted by Gasteiger charge is -2.23. The number of likely N-dealkylation sites (N-methyl/N-ethyl adjacent to an activating group) is 1. The average Bonchev–Trinajstić information content (AvgIpc) is 2.77. The molecule has 0 spiro atoms. The highest BCUT2D eigenvalue weighted by molar-refractivity contribution is 5.99. The zero-order valence-corrected chi connectivity index (χ0v) is 21.3. The molecule has 3 rings (SSSR count). The fourth-order valence-electron chi connectivity index (χ4n) is 3.37. The Kier molecular flexibility index (Phi) is 8.42. The summed E-state index contributed by atoms with van der Waals surface area (Å²) in [7, 11) is 3.96. The number of nitrogens with one attached hydrogen (secondary N) is 2. The van der Waals surface area contributed by atoms with E-state index >= 15 is 0 Å². The molecule has 0 aliphatic heterocycles. The molecular weight excluding hydrogens is 446 g/mol. The molecule has 188 valence electrons. The fourth-order valence-corrected chi connectivity index (χ4v) is 3.37. The highest BCUT2D eigenvalue weighted by Gasteiger charge is 2.17. The van der Waals surface area contributed by atoms with Gasteiger partial charge in [0.2, 0.25) is 0 Å². The number of aromatic nitrogens is 3. The van der Waals surface area contributed by atoms with E-state index in [1.54, 1.807) is 12.4 Å². The maximum absolute atomic E-state index is 13.1. The van der Waals surface area contributed by atoms with Gasteiger partial charge in [-0.25, -0.2) is 9.97 Å². The molecule has 3 aromatic heterocycles. The summed E-state index contributed by atoms with van der Waals surface area (Å²) in [6, 6.07) is 7.39. The Hall–Kier alpha value is -3.50. The molecule has 3 aromatic rings. The number of hydrogen-bond acceptors (Lipinski definition) is 9. The molecule has 10 nitrogen and oxygen atoms in total. The van der Waals surface area contributed by atoms with Gasteiger partial charge in [0.15, 0.2) is 0 Å². The van der Waals surface area contributed by atoms with Crippen LogP contribution < -0.4 is 16.2 Å². The van der Waals surface area contributed by atoms with Crippen molar-refractivity contribution in [2.75, 3.05) is 44.5 Å². The minimum atomic E-state index is -0.318. The predicted molar refractivity (Wildman–Crippen MR) is 141 cm³/mol. The van der Waals surface area contributed by atoms with Gasteiger partial charge >= 0.3 is 0 Å². The first-order chi connectivity index (χ1) is 16.6. The molecule has 0 saturated carbocycles. The summed E-state index contributed by atoms with van der Waals surface area (Å²) in [5.74, 6) is 1.61. The normalized spacial score (nSPS) is 12.3. The molecule has 0 unspecified atom stereocenters. The second kappa shape index (κ2) is 11.3. The van der Waals surface area contributed by atoms with Crippen LogP contribution in [0.4, 0.5) is 17.5 Å². The van der Waals surface area contributed by atoms with Crippen LogP contribution in [0.25, 0.3) is 10.8 Å². The molecule has 0 fully saturated rings. The first kappa shape index (κ1) is 26.1. The van der Waals surface area contributed by atoms with Crippen molar-refractivity contribution in [2.45, 2.75) is 39.8 Å². The zero-order valence-electron chi connectivity index (χ0n) is 21.3. The SMILES string of the molecule is C/C(=N\OCCN(C)C)c1ccnc(Nc2cc3ccn(CCO)c(=O)c3c(NC(C)(C)C)n2)c1. The van der Waals surface area contributed by atoms with Gasteiger partial charge in [0, 0.05) is 36.6 Å². The van der Waals surface area contributed by atoms with Crippen molar-refractivity contribution in [3.8, 4) is 0 Å². The van der Waals surface area contributed by atoms with Gasteiger partial charge in [-0.3, -0.25) is 4.79 Å². The maximum Gasteiger partial charge on any atom is 0.262 e. The third-order valence-electron chi connectivity index (χ3n) is 5.06. The highest BCUT2D eigenvalue weighted by atomic mass is 16.6. The molecule has 35 heavy (non-hydrogen) atoms. The largest absolute Gasteiger partial charge is 0.395 e. The molecule has 0 aliphatic rings. The first-order valence-electron chi connectivity index (χ1n) is 11.6. The number of anilines is 3. The third kappa shape index (κ3) is 7.24. The molecule has 0 atom stereocenters. The lowest BCUT2D eigenvalue weighted by Crippen LogP contribution is -2.29. The smallest absolute Gasteiger partial charge is 0.262 e. The number of hydrogen-bond donors (Lipinski definition) is 3. The number of fused-ring (bicyclic) bond motifs is 1. The predicted octanol–water partition coefficient (Wildman–Crippen LogP) is 3.04. The van der Waals surface area contributed by atoms with Crippen LogP contribution in [0.5, 0.6) is 0 Å². The van der Waals surface area contributed by atoms with E-state index in [0.29, 0.717) is 29.4 Å². The molecule has 0 bridgehead atoms. The van der Waals surface area contributed by atoms with Gasteiger partial charge < -0.3 is 30.0 Å². The number of oxime groups is 1. The summed E-state index contributed by atoms with van der Waals surface area (Å²) in [4.78, 5) is 29.6. The number of pyridine rings is 3. The van der Waals surface area contributed by atoms with Gasteiger partial charge in [-0.15, -0.1) is 0 Å². The van der Waals surface area contributed by atoms with E-state index in [0.717, 1.165) is 23.2 Å². The van der Waals surface area contributed by atoms with E-state index in [9.17, 15) is 9.90 Å². The molecule has 0 saturated heterocycles. The first-order valence-corrected chi connectivity index (χ1v) is 11.6. The van der Waals surface area contributed by atoms with Crippen molar-refractivity contribution in [1.29, 1.82) is 0 Å². The Labute approximate surface area is 205 Å². The van der Waals surface area contributed by atoms with E-state index in [4.69, 9.17) is 9.82 Å². The topological polar surface area (TPSA) is 117 Å². The molecule has 0 radical (unpaired) electrons. The number of aliphatic hydroxyl groups excluding tert-OH is 1. The van der Waals surface area contributed by atoms with Gasteiger partial charge in [0.1, 0.15) is 24.1 Å². The number of aliphatic hydroxyl groups is 1. The van der Waals surface area contributed by atoms with Crippen molar-refractivity contribution in [2.24, 2.45) is 5.16 Å². The van der Waals surface area contributed by atoms with Crippen LogP contribution in [-0.2, 0) is 11.4 Å². The van der Waals surface area contributed by atoms with Crippen molar-refractivity contribution < 1.29 is 9.94 Å². The van der Waals surface area contributed by atoms with Crippen LogP contribution in [0, 0.1) is 0 Å². The summed E-state index contributed by atoms with van der Waals surface area (Å²) in [6.07, 6.45) is 3.37. The highest BCUT2D eigenvalue weighted by Crippen LogP contribution is 2.26. The van der Waals surface area contributed by atoms with Crippen LogP contribution in [0.1, 0.15) is 33.3 Å². The standard InChI is InChI=1S/C25H35N7O3/c1-17(30-35-14-12-31(5)6)18-7-9-26-20(15-18)27-21-16-19-8-10-32(11-13-33)24(34)22(19)23(28-21)29-25(2,3)4/h7-10,15-16,33H,11-14H2,1-6H3,(H2,26,27,28,29)/b30-17+. The number of rotatable bonds is 10. The van der Waals surface area contributed by atoms with E-state index in [-0.39, 0.29) is 24.2 Å². The minimum Gasteiger partial charge on any atom is -0.395 e. The average molecular weight is 482 g/mol. The van der Waals surface area contributed by atoms with Crippen LogP contribution >= 0.6 is 0 Å². The van der Waals surface area contributed by atoms with Gasteiger partial charge in [-0.2, -0.15) is 0 Å². The lowest BCUT2D eigenvalue weighted by molar-refractivity contribution is 0.126. The Bertz CT molecular complexity index is 1250. The summed E-state index contributed by atoms with van der Waals surface area (Å²) in [5, 5.41) is 21.3. The maximum atomic E-state index is 13.1. The second-order valence-corrected chi connectivity index (χ2v) is 9.60. The second-order valence-electron chi connectivity index (χ2n) is 9.60. The van der Waals surface area contributed by atoms with E-state index in [1.807, 2.05) is 71.0 Å². The molecule has 10 heteroatoms. The van der Waals surface area contributed by atoms with Gasteiger partial charge in [0.25, 0.3) is 5.56 Å². The summed E-state index contributed by atoms with van der Waals surface area (Å²) < 4.78 is 1.48. The molecular formula is C25H35N7O3. The summed E-state index contributed by atoms with van der Waals surface area (Å²) >= 11 is 0. The molecule has 3 N–H and O–H groups in total. The Morgan fingerprint density at radius 3 is 2.69 bits per heavy atom. The van der Waals surface area contributed by atoms with Gasteiger partial charge in [-0.05, 0) is 71.4 Å². The minimum absolute atomic E-state index is 0.119. The monoisotopic (exact) mass is 481 g/mol. The van der Waals surface area contributed by atoms with Crippen molar-refractivity contribution in [3.05, 3.63) is 52.6 Å². The van der Waals surface area contributed by atoms with Crippen LogP contribution in [0.2, 0.25) is 0 Å². The van der Waals surface area contributed by atoms with Gasteiger partial charge in [-0.1, -0.05) is 5.16 Å². The number of nitrogens with zero attached hydrogens (tertiary/aromatic N) is 5. The van der Waals surface area contributed by atoms with Crippen molar-refractivity contribution in [1.82, 2.24) is 19.4 Å². The summed E-state index contributed by atoms with van der Waals surface area (Å²) in [6.45, 7) is 9.28. The molecule has 0 aromatic carbocycles. The third-order valence-corrected chi connectivity index (χ3v) is 5.06. The van der Waals surface area contributed by atoms with Crippen molar-refractivity contribution in [3.63, 3.8) is 0 Å². The zero-order chi connectivity index (χ0) is 25.6. The Morgan fingerprint density at radius 1 is 1.23 bits per heavy atom. The van der Waals surface area contributed by atoms with Crippen LogP contribution in [0.15, 0.2) is 46.6 Å². The Morgan fingerprint density at radius 2 is 2.00 bits per heavy atom. The Balaban J connectivity index is 1.93. The van der Waals surface area contributed by atoms with Gasteiger partial charge in [0.05, 0.1) is 17.7 Å². The van der Waals surface area contributed by atoms with Crippen LogP contribution in [0.3, 0.4) is 0 Å².